The number of nitrogens with two attached hydrogens (primary N) is 1. The maximum absolute atomic E-state index is 12.6. The number of primary amides is 1. The topological polar surface area (TPSA) is 119 Å². The van der Waals surface area contributed by atoms with Crippen LogP contribution in [0.5, 0.6) is 5.75 Å². The van der Waals surface area contributed by atoms with Crippen LogP contribution in [0.4, 0.5) is 5.82 Å². The summed E-state index contributed by atoms with van der Waals surface area (Å²) in [6, 6.07) is 13.8. The number of rotatable bonds is 8. The molecule has 0 radical (unpaired) electrons. The number of ether oxygens (including phenoxy) is 1. The van der Waals surface area contributed by atoms with Gasteiger partial charge in [0, 0.05) is 5.39 Å². The molecule has 0 aliphatic heterocycles. The van der Waals surface area contributed by atoms with Gasteiger partial charge in [0.05, 0.1) is 24.7 Å². The van der Waals surface area contributed by atoms with E-state index in [-0.39, 0.29) is 18.4 Å². The molecule has 3 rings (SSSR count). The summed E-state index contributed by atoms with van der Waals surface area (Å²) < 4.78 is 5.24. The van der Waals surface area contributed by atoms with Crippen LogP contribution in [0.3, 0.4) is 0 Å². The van der Waals surface area contributed by atoms with Gasteiger partial charge in [-0.05, 0) is 30.2 Å². The molecule has 1 atom stereocenters. The van der Waals surface area contributed by atoms with Crippen LogP contribution in [0.25, 0.3) is 10.9 Å². The number of hydrogen-bond acceptors (Lipinski definition) is 6. The number of aromatic nitrogens is 2. The first-order valence-corrected chi connectivity index (χ1v) is 9.63. The maximum Gasteiger partial charge on any atom is 0.255 e. The fourth-order valence-corrected chi connectivity index (χ4v) is 3.11. The molecule has 0 saturated heterocycles. The molecule has 3 aromatic rings. The van der Waals surface area contributed by atoms with Crippen molar-refractivity contribution in [2.75, 3.05) is 12.4 Å². The second-order valence-electron chi connectivity index (χ2n) is 7.16. The Morgan fingerprint density at radius 3 is 2.47 bits per heavy atom. The number of nitrogens with zero attached hydrogens (tertiary/aromatic N) is 2. The average molecular weight is 407 g/mol. The average Bonchev–Trinajstić information content (AvgIpc) is 2.75. The molecule has 156 valence electrons. The van der Waals surface area contributed by atoms with Gasteiger partial charge in [-0.2, -0.15) is 0 Å². The van der Waals surface area contributed by atoms with Crippen molar-refractivity contribution in [1.82, 2.24) is 15.3 Å². The molecule has 8 heteroatoms. The monoisotopic (exact) mass is 407 g/mol. The van der Waals surface area contributed by atoms with E-state index in [0.717, 1.165) is 5.39 Å². The molecule has 0 bridgehead atoms. The van der Waals surface area contributed by atoms with Gasteiger partial charge in [0.1, 0.15) is 17.6 Å². The minimum atomic E-state index is -0.584. The lowest BCUT2D eigenvalue weighted by atomic mass is 10.0. The number of hydrogen-bond donors (Lipinski definition) is 3. The molecule has 2 aromatic carbocycles. The van der Waals surface area contributed by atoms with Crippen molar-refractivity contribution in [3.8, 4) is 5.75 Å². The number of carbonyl (C=O) groups excluding carboxylic acids is 2. The summed E-state index contributed by atoms with van der Waals surface area (Å²) >= 11 is 0. The Morgan fingerprint density at radius 2 is 1.77 bits per heavy atom. The smallest absolute Gasteiger partial charge is 0.255 e. The summed E-state index contributed by atoms with van der Waals surface area (Å²) in [5, 5.41) is 6.73. The largest absolute Gasteiger partial charge is 0.496 e. The standard InChI is InChI=1S/C22H25N5O3/c1-13(2)19(20(23)28)27-21-14-8-4-6-10-16(14)25-18(26-21)12-24-22(29)15-9-5-7-11-17(15)30-3/h4-11,13,19H,12H2,1-3H3,(H2,23,28)(H,24,29)(H,25,26,27)/t19-/m0/s1. The molecule has 0 spiro atoms. The van der Waals surface area contributed by atoms with Gasteiger partial charge in [0.25, 0.3) is 5.91 Å². The molecule has 0 saturated carbocycles. The Balaban J connectivity index is 1.87. The van der Waals surface area contributed by atoms with Crippen LogP contribution in [0, 0.1) is 5.92 Å². The lowest BCUT2D eigenvalue weighted by Crippen LogP contribution is -2.40. The van der Waals surface area contributed by atoms with Crippen molar-refractivity contribution in [2.45, 2.75) is 26.4 Å². The highest BCUT2D eigenvalue weighted by Crippen LogP contribution is 2.22. The summed E-state index contributed by atoms with van der Waals surface area (Å²) in [5.41, 5.74) is 6.67. The predicted molar refractivity (Wildman–Crippen MR) is 115 cm³/mol. The van der Waals surface area contributed by atoms with Crippen molar-refractivity contribution in [2.24, 2.45) is 11.7 Å². The third kappa shape index (κ3) is 4.65. The fourth-order valence-electron chi connectivity index (χ4n) is 3.11. The Bertz CT molecular complexity index is 1070. The van der Waals surface area contributed by atoms with Gasteiger partial charge in [-0.1, -0.05) is 38.1 Å². The number of fused-ring (bicyclic) bond motifs is 1. The van der Waals surface area contributed by atoms with Crippen LogP contribution < -0.4 is 21.1 Å². The van der Waals surface area contributed by atoms with Crippen molar-refractivity contribution >= 4 is 28.5 Å². The summed E-state index contributed by atoms with van der Waals surface area (Å²) in [7, 11) is 1.51. The van der Waals surface area contributed by atoms with Crippen molar-refractivity contribution in [1.29, 1.82) is 0 Å². The van der Waals surface area contributed by atoms with Crippen LogP contribution in [0.2, 0.25) is 0 Å². The van der Waals surface area contributed by atoms with Crippen molar-refractivity contribution in [3.63, 3.8) is 0 Å². The lowest BCUT2D eigenvalue weighted by molar-refractivity contribution is -0.119. The van der Waals surface area contributed by atoms with Crippen molar-refractivity contribution < 1.29 is 14.3 Å². The van der Waals surface area contributed by atoms with Gasteiger partial charge in [0.15, 0.2) is 5.82 Å². The van der Waals surface area contributed by atoms with Crippen LogP contribution in [-0.4, -0.2) is 34.9 Å². The van der Waals surface area contributed by atoms with E-state index in [0.29, 0.717) is 28.5 Å². The zero-order valence-electron chi connectivity index (χ0n) is 17.2. The highest BCUT2D eigenvalue weighted by atomic mass is 16.5. The Labute approximate surface area is 174 Å². The van der Waals surface area contributed by atoms with Gasteiger partial charge in [0.2, 0.25) is 5.91 Å². The predicted octanol–water partition coefficient (Wildman–Crippen LogP) is 2.49. The van der Waals surface area contributed by atoms with E-state index in [9.17, 15) is 9.59 Å². The number of benzene rings is 2. The fraction of sp³-hybridized carbons (Fsp3) is 0.273. The van der Waals surface area contributed by atoms with E-state index < -0.39 is 11.9 Å². The van der Waals surface area contributed by atoms with Gasteiger partial charge in [-0.3, -0.25) is 9.59 Å². The first-order valence-electron chi connectivity index (χ1n) is 9.63. The zero-order chi connectivity index (χ0) is 21.7. The molecule has 30 heavy (non-hydrogen) atoms. The Morgan fingerprint density at radius 1 is 1.07 bits per heavy atom. The number of methoxy groups -OCH3 is 1. The number of para-hydroxylation sites is 2. The van der Waals surface area contributed by atoms with Crippen LogP contribution in [-0.2, 0) is 11.3 Å². The Hall–Kier alpha value is -3.68. The number of anilines is 1. The van der Waals surface area contributed by atoms with Crippen LogP contribution in [0.1, 0.15) is 30.0 Å². The van der Waals surface area contributed by atoms with E-state index >= 15 is 0 Å². The summed E-state index contributed by atoms with van der Waals surface area (Å²) in [6.45, 7) is 3.92. The minimum Gasteiger partial charge on any atom is -0.496 e. The second kappa shape index (κ2) is 9.21. The molecule has 0 fully saturated rings. The molecule has 0 aliphatic rings. The lowest BCUT2D eigenvalue weighted by Gasteiger charge is -2.21. The molecular formula is C22H25N5O3. The number of amides is 2. The van der Waals surface area contributed by atoms with Gasteiger partial charge < -0.3 is 21.1 Å². The van der Waals surface area contributed by atoms with E-state index in [2.05, 4.69) is 20.6 Å². The normalized spacial score (nSPS) is 11.9. The van der Waals surface area contributed by atoms with E-state index in [4.69, 9.17) is 10.5 Å². The molecule has 2 amide bonds. The summed E-state index contributed by atoms with van der Waals surface area (Å²) in [5.74, 6) is 0.614. The van der Waals surface area contributed by atoms with Crippen molar-refractivity contribution in [3.05, 3.63) is 59.9 Å². The SMILES string of the molecule is COc1ccccc1C(=O)NCc1nc(N[C@H](C(N)=O)C(C)C)c2ccccc2n1. The molecule has 4 N–H and O–H groups in total. The minimum absolute atomic E-state index is 0.0232. The molecule has 0 unspecified atom stereocenters. The molecule has 0 aliphatic carbocycles. The molecule has 1 heterocycles. The second-order valence-corrected chi connectivity index (χ2v) is 7.16. The van der Waals surface area contributed by atoms with Gasteiger partial charge in [-0.25, -0.2) is 9.97 Å². The van der Waals surface area contributed by atoms with Gasteiger partial charge in [-0.15, -0.1) is 0 Å². The van der Waals surface area contributed by atoms with Crippen LogP contribution >= 0.6 is 0 Å². The van der Waals surface area contributed by atoms with Crippen LogP contribution in [0.15, 0.2) is 48.5 Å². The Kier molecular flexibility index (Phi) is 6.46. The first-order chi connectivity index (χ1) is 14.4. The molecule has 1 aromatic heterocycles. The molecule has 8 nitrogen and oxygen atoms in total. The highest BCUT2D eigenvalue weighted by molar-refractivity contribution is 5.97. The summed E-state index contributed by atoms with van der Waals surface area (Å²) in [6.07, 6.45) is 0. The van der Waals surface area contributed by atoms with Gasteiger partial charge >= 0.3 is 0 Å². The maximum atomic E-state index is 12.6. The summed E-state index contributed by atoms with van der Waals surface area (Å²) in [4.78, 5) is 33.5. The van der Waals surface area contributed by atoms with E-state index in [1.807, 2.05) is 38.1 Å². The molecular weight excluding hydrogens is 382 g/mol. The third-order valence-corrected chi connectivity index (χ3v) is 4.67. The van der Waals surface area contributed by atoms with E-state index in [1.165, 1.54) is 7.11 Å². The highest BCUT2D eigenvalue weighted by Gasteiger charge is 2.21. The zero-order valence-corrected chi connectivity index (χ0v) is 17.2. The van der Waals surface area contributed by atoms with E-state index in [1.54, 1.807) is 24.3 Å². The number of nitrogens with one attached hydrogen (secondary N) is 2. The number of carbonyl (C=O) groups is 2. The first kappa shape index (κ1) is 21.0. The quantitative estimate of drug-likeness (QED) is 0.528. The third-order valence-electron chi connectivity index (χ3n) is 4.67.